The van der Waals surface area contributed by atoms with Crippen LogP contribution in [0.1, 0.15) is 48.8 Å². The minimum atomic E-state index is -0.00811. The largest absolute Gasteiger partial charge is 0.506 e. The molecule has 0 bridgehead atoms. The number of hydrogen-bond acceptors (Lipinski definition) is 4. The molecule has 0 spiro atoms. The molecule has 0 radical (unpaired) electrons. The number of fused-ring (bicyclic) bond motifs is 1. The third-order valence-corrected chi connectivity index (χ3v) is 6.87. The number of rotatable bonds is 2. The summed E-state index contributed by atoms with van der Waals surface area (Å²) in [6.07, 6.45) is 4.61. The van der Waals surface area contributed by atoms with E-state index in [0.29, 0.717) is 22.0 Å². The van der Waals surface area contributed by atoms with Crippen LogP contribution in [-0.4, -0.2) is 11.3 Å². The van der Waals surface area contributed by atoms with Gasteiger partial charge in [-0.2, -0.15) is 5.26 Å². The van der Waals surface area contributed by atoms with E-state index in [1.807, 2.05) is 0 Å². The van der Waals surface area contributed by atoms with Crippen LogP contribution >= 0.6 is 38.9 Å². The SMILES string of the molecule is CC(C)(C)[C@@H]1CCc2c(sc(N=Cc3cc(Br)cc(Cl)c3O)c2C#N)C1. The average Bonchev–Trinajstić information content (AvgIpc) is 2.92. The fourth-order valence-electron chi connectivity index (χ4n) is 3.33. The van der Waals surface area contributed by atoms with E-state index in [9.17, 15) is 10.4 Å². The van der Waals surface area contributed by atoms with Crippen LogP contribution in [0.3, 0.4) is 0 Å². The third kappa shape index (κ3) is 3.83. The predicted octanol–water partition coefficient (Wildman–Crippen LogP) is 6.64. The molecule has 0 amide bonds. The molecule has 1 aromatic carbocycles. The van der Waals surface area contributed by atoms with Crippen molar-refractivity contribution in [3.63, 3.8) is 0 Å². The maximum absolute atomic E-state index is 10.1. The minimum absolute atomic E-state index is 0.00811. The lowest BCUT2D eigenvalue weighted by Gasteiger charge is -2.33. The van der Waals surface area contributed by atoms with Crippen LogP contribution in [0.2, 0.25) is 5.02 Å². The van der Waals surface area contributed by atoms with Crippen molar-refractivity contribution in [1.82, 2.24) is 0 Å². The Bertz CT molecular complexity index is 921. The molecule has 0 saturated carbocycles. The van der Waals surface area contributed by atoms with E-state index < -0.39 is 0 Å². The zero-order valence-corrected chi connectivity index (χ0v) is 18.1. The summed E-state index contributed by atoms with van der Waals surface area (Å²) < 4.78 is 0.765. The molecule has 1 atom stereocenters. The molecular weight excluding hydrogens is 432 g/mol. The number of nitrogens with zero attached hydrogens (tertiary/aromatic N) is 2. The van der Waals surface area contributed by atoms with Crippen LogP contribution < -0.4 is 0 Å². The van der Waals surface area contributed by atoms with Crippen molar-refractivity contribution in [3.8, 4) is 11.8 Å². The molecule has 3 rings (SSSR count). The quantitative estimate of drug-likeness (QED) is 0.520. The molecule has 6 heteroatoms. The Hall–Kier alpha value is -1.35. The van der Waals surface area contributed by atoms with Crippen LogP contribution in [0.4, 0.5) is 5.00 Å². The van der Waals surface area contributed by atoms with Gasteiger partial charge in [-0.1, -0.05) is 48.3 Å². The van der Waals surface area contributed by atoms with E-state index in [1.54, 1.807) is 29.7 Å². The van der Waals surface area contributed by atoms with Gasteiger partial charge in [-0.25, -0.2) is 4.99 Å². The van der Waals surface area contributed by atoms with Crippen molar-refractivity contribution in [2.24, 2.45) is 16.3 Å². The number of nitriles is 1. The third-order valence-electron chi connectivity index (χ3n) is 4.96. The second kappa shape index (κ2) is 7.34. The van der Waals surface area contributed by atoms with E-state index in [2.05, 4.69) is 47.8 Å². The van der Waals surface area contributed by atoms with Crippen molar-refractivity contribution >= 4 is 50.1 Å². The van der Waals surface area contributed by atoms with Gasteiger partial charge >= 0.3 is 0 Å². The normalized spacial score (nSPS) is 17.3. The first-order chi connectivity index (χ1) is 12.2. The molecule has 136 valence electrons. The molecule has 0 aliphatic heterocycles. The number of hydrogen-bond donors (Lipinski definition) is 1. The van der Waals surface area contributed by atoms with Crippen LogP contribution in [0.15, 0.2) is 21.6 Å². The van der Waals surface area contributed by atoms with Gasteiger partial charge in [-0.15, -0.1) is 11.3 Å². The Morgan fingerprint density at radius 1 is 1.42 bits per heavy atom. The van der Waals surface area contributed by atoms with Gasteiger partial charge in [0.2, 0.25) is 0 Å². The zero-order chi connectivity index (χ0) is 19.1. The molecule has 2 aromatic rings. The molecule has 1 aliphatic carbocycles. The van der Waals surface area contributed by atoms with Crippen LogP contribution in [0.5, 0.6) is 5.75 Å². The maximum Gasteiger partial charge on any atom is 0.143 e. The first-order valence-corrected chi connectivity index (χ1v) is 10.5. The van der Waals surface area contributed by atoms with E-state index in [4.69, 9.17) is 11.6 Å². The van der Waals surface area contributed by atoms with Gasteiger partial charge in [-0.05, 0) is 48.3 Å². The highest BCUT2D eigenvalue weighted by molar-refractivity contribution is 9.10. The average molecular weight is 452 g/mol. The first kappa shape index (κ1) is 19.4. The topological polar surface area (TPSA) is 56.4 Å². The van der Waals surface area contributed by atoms with Crippen molar-refractivity contribution in [3.05, 3.63) is 43.2 Å². The first-order valence-electron chi connectivity index (χ1n) is 8.47. The van der Waals surface area contributed by atoms with E-state index in [1.165, 1.54) is 4.88 Å². The Kier molecular flexibility index (Phi) is 5.48. The Labute approximate surface area is 171 Å². The fourth-order valence-corrected chi connectivity index (χ4v) is 5.38. The Morgan fingerprint density at radius 2 is 2.15 bits per heavy atom. The highest BCUT2D eigenvalue weighted by atomic mass is 79.9. The highest BCUT2D eigenvalue weighted by Crippen LogP contribution is 2.45. The summed E-state index contributed by atoms with van der Waals surface area (Å²) in [5.41, 5.74) is 2.61. The number of phenols is 1. The Balaban J connectivity index is 1.96. The second-order valence-corrected chi connectivity index (χ2v) is 10.1. The zero-order valence-electron chi connectivity index (χ0n) is 14.9. The number of benzene rings is 1. The second-order valence-electron chi connectivity index (χ2n) is 7.69. The van der Waals surface area contributed by atoms with E-state index in [-0.39, 0.29) is 16.2 Å². The summed E-state index contributed by atoms with van der Waals surface area (Å²) in [4.78, 5) is 5.79. The van der Waals surface area contributed by atoms with Gasteiger partial charge in [0.05, 0.1) is 10.6 Å². The summed E-state index contributed by atoms with van der Waals surface area (Å²) in [7, 11) is 0. The molecule has 3 nitrogen and oxygen atoms in total. The summed E-state index contributed by atoms with van der Waals surface area (Å²) in [6, 6.07) is 5.71. The van der Waals surface area contributed by atoms with Gasteiger partial charge in [0.1, 0.15) is 16.8 Å². The van der Waals surface area contributed by atoms with Gasteiger partial charge in [0, 0.05) is 21.1 Å². The summed E-state index contributed by atoms with van der Waals surface area (Å²) in [5.74, 6) is 0.608. The van der Waals surface area contributed by atoms with E-state index >= 15 is 0 Å². The molecule has 1 heterocycles. The van der Waals surface area contributed by atoms with Crippen LogP contribution in [-0.2, 0) is 12.8 Å². The molecule has 1 aliphatic rings. The summed E-state index contributed by atoms with van der Waals surface area (Å²) >= 11 is 11.0. The lowest BCUT2D eigenvalue weighted by atomic mass is 9.72. The van der Waals surface area contributed by atoms with Gasteiger partial charge < -0.3 is 5.11 Å². The van der Waals surface area contributed by atoms with Crippen molar-refractivity contribution in [2.75, 3.05) is 0 Å². The lowest BCUT2D eigenvalue weighted by Crippen LogP contribution is -2.26. The van der Waals surface area contributed by atoms with Gasteiger partial charge in [0.15, 0.2) is 0 Å². The molecule has 0 unspecified atom stereocenters. The predicted molar refractivity (Wildman–Crippen MR) is 112 cm³/mol. The molecule has 26 heavy (non-hydrogen) atoms. The van der Waals surface area contributed by atoms with Crippen molar-refractivity contribution < 1.29 is 5.11 Å². The molecule has 0 fully saturated rings. The van der Waals surface area contributed by atoms with Gasteiger partial charge in [-0.3, -0.25) is 0 Å². The number of halogens is 2. The van der Waals surface area contributed by atoms with Gasteiger partial charge in [0.25, 0.3) is 0 Å². The fraction of sp³-hybridized carbons (Fsp3) is 0.400. The standard InChI is InChI=1S/C20H20BrClN2OS/c1-20(2,3)12-4-5-14-15(9-23)19(26-17(14)7-12)24-10-11-6-13(21)8-16(22)18(11)25/h6,8,10,12,25H,4-5,7H2,1-3H3/t12-/m1/s1. The number of aromatic hydroxyl groups is 1. The molecular formula is C20H20BrClN2OS. The number of phenolic OH excluding ortho intramolecular Hbond substituents is 1. The molecule has 1 aromatic heterocycles. The van der Waals surface area contributed by atoms with Crippen LogP contribution in [0, 0.1) is 22.7 Å². The van der Waals surface area contributed by atoms with Crippen molar-refractivity contribution in [2.45, 2.75) is 40.0 Å². The Morgan fingerprint density at radius 3 is 2.81 bits per heavy atom. The maximum atomic E-state index is 10.1. The number of aliphatic imine (C=N–C) groups is 1. The smallest absolute Gasteiger partial charge is 0.143 e. The minimum Gasteiger partial charge on any atom is -0.506 e. The van der Waals surface area contributed by atoms with Crippen LogP contribution in [0.25, 0.3) is 0 Å². The van der Waals surface area contributed by atoms with Crippen molar-refractivity contribution in [1.29, 1.82) is 5.26 Å². The number of thiophene rings is 1. The monoisotopic (exact) mass is 450 g/mol. The lowest BCUT2D eigenvalue weighted by molar-refractivity contribution is 0.218. The summed E-state index contributed by atoms with van der Waals surface area (Å²) in [5, 5.41) is 20.7. The molecule has 1 N–H and O–H groups in total. The molecule has 0 saturated heterocycles. The van der Waals surface area contributed by atoms with E-state index in [0.717, 1.165) is 29.3 Å². The summed E-state index contributed by atoms with van der Waals surface area (Å²) in [6.45, 7) is 6.83. The highest BCUT2D eigenvalue weighted by Gasteiger charge is 2.32.